The molecule has 4 nitrogen and oxygen atoms in total. The van der Waals surface area contributed by atoms with Crippen molar-refractivity contribution in [2.75, 3.05) is 0 Å². The molecular weight excluding hydrogens is 767 g/mol. The maximum absolute atomic E-state index is 12.6. The van der Waals surface area contributed by atoms with E-state index >= 15 is 0 Å². The van der Waals surface area contributed by atoms with Gasteiger partial charge in [0.25, 0.3) is 0 Å². The number of hydrogen-bond acceptors (Lipinski definition) is 3. The SMILES string of the molecule is [2H]c1nc(-c2cc(-c3cccc4c3nc(-c3cc(C(C)(C)C)cc(C(C)(C)C)c3O)n4-c3ccc(C([2H])([2H])[2H])cc3-c3ccccc3)cc(C(C)(C)C)c2)c([2H])c(-c2c([2H])c([2H])c(C(C([2H])([2H])[2H])(C([2H])([2H])[2H])C([2H])([2H])[2H])c([2H])c2[2H])c1[2H]. The first-order valence-corrected chi connectivity index (χ1v) is 20.8. The molecule has 1 N–H and O–H groups in total. The molecule has 320 valence electrons. The molecule has 8 aromatic rings. The fraction of sp³-hybridized carbons (Fsp3) is 0.288. The molecule has 63 heavy (non-hydrogen) atoms. The number of phenols is 1. The van der Waals surface area contributed by atoms with Gasteiger partial charge in [0.1, 0.15) is 11.6 Å². The van der Waals surface area contributed by atoms with E-state index < -0.39 is 108 Å². The molecule has 2 heterocycles. The van der Waals surface area contributed by atoms with Crippen LogP contribution in [0, 0.1) is 6.85 Å². The van der Waals surface area contributed by atoms with Crippen LogP contribution in [0.4, 0.5) is 0 Å². The molecular formula is C59H63N3O. The van der Waals surface area contributed by atoms with Gasteiger partial charge in [-0.15, -0.1) is 0 Å². The van der Waals surface area contributed by atoms with Crippen molar-refractivity contribution >= 4 is 11.0 Å². The number of fused-ring (bicyclic) bond motifs is 1. The van der Waals surface area contributed by atoms with Gasteiger partial charge in [0.05, 0.1) is 37.6 Å². The predicted octanol–water partition coefficient (Wildman–Crippen LogP) is 16.0. The third-order valence-electron chi connectivity index (χ3n) is 11.3. The van der Waals surface area contributed by atoms with E-state index in [-0.39, 0.29) is 22.6 Å². The third kappa shape index (κ3) is 8.61. The quantitative estimate of drug-likeness (QED) is 0.181. The number of pyridine rings is 1. The van der Waals surface area contributed by atoms with Gasteiger partial charge in [0.2, 0.25) is 0 Å². The molecule has 4 heteroatoms. The number of aromatic nitrogens is 3. The largest absolute Gasteiger partial charge is 0.507 e. The first kappa shape index (κ1) is 25.8. The monoisotopic (exact) mass is 849 g/mol. The normalized spacial score (nSPS) is 17.8. The molecule has 6 aromatic carbocycles. The third-order valence-corrected chi connectivity index (χ3v) is 11.3. The van der Waals surface area contributed by atoms with Crippen LogP contribution in [-0.4, -0.2) is 19.6 Å². The maximum atomic E-state index is 12.6. The minimum absolute atomic E-state index is 0.00701. The summed E-state index contributed by atoms with van der Waals surface area (Å²) in [6.45, 7) is 3.78. The Hall–Kier alpha value is -6.26. The van der Waals surface area contributed by atoms with Crippen molar-refractivity contribution in [3.63, 3.8) is 0 Å². The number of imidazole rings is 1. The Kier molecular flexibility index (Phi) is 6.47. The number of rotatable bonds is 6. The van der Waals surface area contributed by atoms with Gasteiger partial charge in [0.15, 0.2) is 0 Å². The molecule has 0 unspecified atom stereocenters. The number of aryl methyl sites for hydroxylation is 1. The second kappa shape index (κ2) is 15.8. The van der Waals surface area contributed by atoms with E-state index in [1.807, 2.05) is 113 Å². The number of para-hydroxylation sites is 1. The van der Waals surface area contributed by atoms with E-state index in [1.54, 1.807) is 30.3 Å². The highest BCUT2D eigenvalue weighted by Crippen LogP contribution is 2.46. The minimum Gasteiger partial charge on any atom is -0.507 e. The second-order valence-electron chi connectivity index (χ2n) is 19.2. The lowest BCUT2D eigenvalue weighted by atomic mass is 9.79. The van der Waals surface area contributed by atoms with Gasteiger partial charge in [-0.3, -0.25) is 9.55 Å². The Morgan fingerprint density at radius 2 is 1.25 bits per heavy atom. The topological polar surface area (TPSA) is 50.9 Å². The number of benzene rings is 6. The fourth-order valence-electron chi connectivity index (χ4n) is 7.70. The van der Waals surface area contributed by atoms with E-state index in [0.29, 0.717) is 61.5 Å². The number of hydrogen-bond donors (Lipinski definition) is 1. The van der Waals surface area contributed by atoms with Crippen LogP contribution in [0.1, 0.15) is 137 Å². The summed E-state index contributed by atoms with van der Waals surface area (Å²) in [5.74, 6) is 0.319. The van der Waals surface area contributed by atoms with Crippen molar-refractivity contribution in [3.05, 3.63) is 167 Å². The van der Waals surface area contributed by atoms with Crippen LogP contribution in [-0.2, 0) is 21.7 Å². The summed E-state index contributed by atoms with van der Waals surface area (Å²) >= 11 is 0. The van der Waals surface area contributed by atoms with E-state index in [9.17, 15) is 9.22 Å². The van der Waals surface area contributed by atoms with Crippen LogP contribution in [0.25, 0.3) is 72.7 Å². The first-order valence-electron chi connectivity index (χ1n) is 30.3. The zero-order chi connectivity index (χ0) is 61.3. The Morgan fingerprint density at radius 1 is 0.556 bits per heavy atom. The molecule has 0 aliphatic carbocycles. The minimum atomic E-state index is -3.94. The molecule has 0 saturated heterocycles. The van der Waals surface area contributed by atoms with Crippen molar-refractivity contribution in [1.82, 2.24) is 14.5 Å². The van der Waals surface area contributed by atoms with Crippen molar-refractivity contribution in [3.8, 4) is 67.5 Å². The molecule has 0 bridgehead atoms. The molecule has 0 saturated carbocycles. The number of phenolic OH excluding ortho intramolecular Hbond substituents is 1. The molecule has 2 aromatic heterocycles. The van der Waals surface area contributed by atoms with Gasteiger partial charge in [-0.05, 0) is 116 Å². The van der Waals surface area contributed by atoms with E-state index in [2.05, 4.69) is 25.8 Å². The highest BCUT2D eigenvalue weighted by Gasteiger charge is 2.29. The summed E-state index contributed by atoms with van der Waals surface area (Å²) in [6, 6.07) is 22.6. The van der Waals surface area contributed by atoms with Crippen LogP contribution in [0.5, 0.6) is 5.75 Å². The molecule has 0 radical (unpaired) electrons. The average Bonchev–Trinajstić information content (AvgIpc) is 0.796. The lowest BCUT2D eigenvalue weighted by molar-refractivity contribution is 0.446. The summed E-state index contributed by atoms with van der Waals surface area (Å²) in [5, 5.41) is 12.6. The lowest BCUT2D eigenvalue weighted by Crippen LogP contribution is -2.17. The standard InChI is InChI=1S/C59H63N3O/c1-37-22-27-51(47(30-37)39-18-15-14-16-19-39)62-52-21-17-20-46(53(52)61-55(62)48-35-45(58(8,9)10)36-49(54(48)63)59(11,12)13)41-31-42(33-44(32-41)57(5,6)7)50-34-40(28-29-60-50)38-23-25-43(26-24-38)56(2,3)4/h14-36,63H,1-13H3/i1D3,2D3,3D3,4D3,23D,24D,25D,26D,28D,29D,34D. The Bertz CT molecular complexity index is 3780. The molecule has 0 fully saturated rings. The fourth-order valence-corrected chi connectivity index (χ4v) is 7.70. The Labute approximate surface area is 402 Å². The van der Waals surface area contributed by atoms with E-state index in [1.165, 1.54) is 0 Å². The van der Waals surface area contributed by atoms with Crippen LogP contribution in [0.15, 0.2) is 139 Å². The van der Waals surface area contributed by atoms with Gasteiger partial charge in [-0.25, -0.2) is 4.98 Å². The van der Waals surface area contributed by atoms with E-state index in [4.69, 9.17) is 26.9 Å². The molecule has 0 spiro atoms. The smallest absolute Gasteiger partial charge is 0.149 e. The van der Waals surface area contributed by atoms with Crippen LogP contribution < -0.4 is 0 Å². The van der Waals surface area contributed by atoms with Crippen LogP contribution in [0.3, 0.4) is 0 Å². The molecule has 0 aliphatic heterocycles. The molecule has 0 aliphatic rings. The highest BCUT2D eigenvalue weighted by atomic mass is 16.3. The summed E-state index contributed by atoms with van der Waals surface area (Å²) in [4.78, 5) is 9.84. The van der Waals surface area contributed by atoms with Crippen molar-refractivity contribution in [2.24, 2.45) is 0 Å². The highest BCUT2D eigenvalue weighted by molar-refractivity contribution is 5.98. The van der Waals surface area contributed by atoms with Gasteiger partial charge in [0, 0.05) is 44.9 Å². The molecule has 8 rings (SSSR count). The zero-order valence-electron chi connectivity index (χ0n) is 56.0. The Morgan fingerprint density at radius 3 is 1.92 bits per heavy atom. The second-order valence-corrected chi connectivity index (χ2v) is 19.2. The summed E-state index contributed by atoms with van der Waals surface area (Å²) < 4.78 is 166. The number of aromatic hydroxyl groups is 1. The van der Waals surface area contributed by atoms with Crippen molar-refractivity contribution in [2.45, 2.75) is 111 Å². The summed E-state index contributed by atoms with van der Waals surface area (Å²) in [7, 11) is 0. The van der Waals surface area contributed by atoms with Gasteiger partial charge >= 0.3 is 0 Å². The van der Waals surface area contributed by atoms with Gasteiger partial charge in [-0.1, -0.05) is 173 Å². The lowest BCUT2D eigenvalue weighted by Gasteiger charge is -2.27. The van der Waals surface area contributed by atoms with Crippen LogP contribution >= 0.6 is 0 Å². The zero-order valence-corrected chi connectivity index (χ0v) is 37.0. The Balaban J connectivity index is 1.47. The maximum Gasteiger partial charge on any atom is 0.149 e. The molecule has 0 amide bonds. The molecule has 0 atom stereocenters. The summed E-state index contributed by atoms with van der Waals surface area (Å²) in [5.41, 5.74) is -1.76. The van der Waals surface area contributed by atoms with Gasteiger partial charge < -0.3 is 5.11 Å². The van der Waals surface area contributed by atoms with Crippen molar-refractivity contribution < 1.29 is 31.2 Å². The predicted molar refractivity (Wildman–Crippen MR) is 267 cm³/mol. The number of nitrogens with zero attached hydrogens (tertiary/aromatic N) is 3. The first-order chi connectivity index (χ1) is 37.5. The average molecular weight is 849 g/mol. The van der Waals surface area contributed by atoms with Crippen molar-refractivity contribution in [1.29, 1.82) is 0 Å². The summed E-state index contributed by atoms with van der Waals surface area (Å²) in [6.07, 6.45) is -0.761. The van der Waals surface area contributed by atoms with E-state index in [0.717, 1.165) is 5.56 Å². The van der Waals surface area contributed by atoms with Crippen LogP contribution in [0.2, 0.25) is 0 Å². The van der Waals surface area contributed by atoms with Gasteiger partial charge in [-0.2, -0.15) is 0 Å².